The van der Waals surface area contributed by atoms with Crippen LogP contribution in [0.3, 0.4) is 0 Å². The molecule has 1 aliphatic heterocycles. The standard InChI is InChI=1S/C24H29N5O3/c1-24(2,3)32-23(30)28-22-6-5-17(14-27-22)31-21-7-10-25-20-15-26-19(13-18(20)21)16-8-11-29(4)12-9-16/h5-7,10,13-16H,8-9,11-12H2,1-4H3,(H,27,28,30). The second-order valence-corrected chi connectivity index (χ2v) is 9.12. The molecule has 0 unspecified atom stereocenters. The Morgan fingerprint density at radius 3 is 2.56 bits per heavy atom. The summed E-state index contributed by atoms with van der Waals surface area (Å²) in [6, 6.07) is 7.37. The normalized spacial score (nSPS) is 15.5. The molecular formula is C24H29N5O3. The number of carbonyl (C=O) groups is 1. The van der Waals surface area contributed by atoms with Crippen LogP contribution in [-0.4, -0.2) is 51.7 Å². The average Bonchev–Trinajstić information content (AvgIpc) is 2.74. The maximum atomic E-state index is 11.9. The van der Waals surface area contributed by atoms with Gasteiger partial charge in [-0.3, -0.25) is 15.3 Å². The summed E-state index contributed by atoms with van der Waals surface area (Å²) in [6.45, 7) is 7.59. The van der Waals surface area contributed by atoms with E-state index < -0.39 is 11.7 Å². The molecule has 1 N–H and O–H groups in total. The van der Waals surface area contributed by atoms with Crippen LogP contribution in [0.4, 0.5) is 10.6 Å². The average molecular weight is 436 g/mol. The third-order valence-corrected chi connectivity index (χ3v) is 5.34. The number of fused-ring (bicyclic) bond motifs is 1. The van der Waals surface area contributed by atoms with Crippen molar-refractivity contribution in [3.8, 4) is 11.5 Å². The molecule has 0 radical (unpaired) electrons. The minimum absolute atomic E-state index is 0.389. The Morgan fingerprint density at radius 2 is 1.88 bits per heavy atom. The van der Waals surface area contributed by atoms with Crippen LogP contribution in [-0.2, 0) is 4.74 Å². The number of hydrogen-bond donors (Lipinski definition) is 1. The molecule has 168 valence electrons. The molecule has 0 aliphatic carbocycles. The molecule has 0 aromatic carbocycles. The highest BCUT2D eigenvalue weighted by atomic mass is 16.6. The smallest absolute Gasteiger partial charge is 0.413 e. The molecular weight excluding hydrogens is 406 g/mol. The largest absolute Gasteiger partial charge is 0.455 e. The van der Waals surface area contributed by atoms with E-state index in [0.717, 1.165) is 42.5 Å². The molecule has 0 spiro atoms. The zero-order chi connectivity index (χ0) is 22.7. The Morgan fingerprint density at radius 1 is 1.09 bits per heavy atom. The highest BCUT2D eigenvalue weighted by Gasteiger charge is 2.20. The van der Waals surface area contributed by atoms with Gasteiger partial charge in [0.25, 0.3) is 0 Å². The van der Waals surface area contributed by atoms with Gasteiger partial charge < -0.3 is 14.4 Å². The molecule has 1 saturated heterocycles. The van der Waals surface area contributed by atoms with Crippen molar-refractivity contribution in [3.63, 3.8) is 0 Å². The predicted octanol–water partition coefficient (Wildman–Crippen LogP) is 4.97. The number of amides is 1. The summed E-state index contributed by atoms with van der Waals surface area (Å²) in [6.07, 6.45) is 6.75. The molecule has 4 heterocycles. The first-order valence-electron chi connectivity index (χ1n) is 10.8. The van der Waals surface area contributed by atoms with E-state index in [2.05, 4.69) is 38.3 Å². The van der Waals surface area contributed by atoms with Crippen LogP contribution in [0.5, 0.6) is 11.5 Å². The highest BCUT2D eigenvalue weighted by molar-refractivity contribution is 5.85. The lowest BCUT2D eigenvalue weighted by molar-refractivity contribution is 0.0635. The Labute approximate surface area is 188 Å². The molecule has 32 heavy (non-hydrogen) atoms. The third-order valence-electron chi connectivity index (χ3n) is 5.34. The lowest BCUT2D eigenvalue weighted by Gasteiger charge is -2.28. The minimum Gasteiger partial charge on any atom is -0.455 e. The summed E-state index contributed by atoms with van der Waals surface area (Å²) in [5, 5.41) is 3.54. The Kier molecular flexibility index (Phi) is 6.23. The van der Waals surface area contributed by atoms with Crippen LogP contribution >= 0.6 is 0 Å². The van der Waals surface area contributed by atoms with Crippen LogP contribution in [0, 0.1) is 0 Å². The van der Waals surface area contributed by atoms with Gasteiger partial charge in [0.2, 0.25) is 0 Å². The zero-order valence-corrected chi connectivity index (χ0v) is 19.0. The molecule has 1 fully saturated rings. The fraction of sp³-hybridized carbons (Fsp3) is 0.417. The van der Waals surface area contributed by atoms with E-state index in [-0.39, 0.29) is 0 Å². The molecule has 3 aromatic rings. The predicted molar refractivity (Wildman–Crippen MR) is 123 cm³/mol. The third kappa shape index (κ3) is 5.50. The van der Waals surface area contributed by atoms with Crippen LogP contribution < -0.4 is 10.1 Å². The first kappa shape index (κ1) is 22.0. The fourth-order valence-electron chi connectivity index (χ4n) is 3.71. The first-order chi connectivity index (χ1) is 15.3. The number of piperidine rings is 1. The van der Waals surface area contributed by atoms with Gasteiger partial charge in [-0.2, -0.15) is 0 Å². The van der Waals surface area contributed by atoms with E-state index in [1.54, 1.807) is 24.5 Å². The maximum Gasteiger partial charge on any atom is 0.413 e. The van der Waals surface area contributed by atoms with Gasteiger partial charge in [-0.05, 0) is 78.0 Å². The first-order valence-corrected chi connectivity index (χ1v) is 10.8. The number of nitrogens with zero attached hydrogens (tertiary/aromatic N) is 4. The van der Waals surface area contributed by atoms with E-state index in [0.29, 0.717) is 23.2 Å². The summed E-state index contributed by atoms with van der Waals surface area (Å²) in [5.41, 5.74) is 1.30. The van der Waals surface area contributed by atoms with Gasteiger partial charge in [0.05, 0.1) is 17.9 Å². The van der Waals surface area contributed by atoms with Crippen molar-refractivity contribution < 1.29 is 14.3 Å². The topological polar surface area (TPSA) is 89.5 Å². The minimum atomic E-state index is -0.573. The highest BCUT2D eigenvalue weighted by Crippen LogP contribution is 2.33. The van der Waals surface area contributed by atoms with Gasteiger partial charge in [-0.1, -0.05) is 0 Å². The summed E-state index contributed by atoms with van der Waals surface area (Å²) in [7, 11) is 2.16. The lowest BCUT2D eigenvalue weighted by Crippen LogP contribution is -2.29. The van der Waals surface area contributed by atoms with Crippen molar-refractivity contribution in [2.75, 3.05) is 25.5 Å². The van der Waals surface area contributed by atoms with Crippen LogP contribution in [0.1, 0.15) is 45.2 Å². The number of nitrogens with one attached hydrogen (secondary N) is 1. The quantitative estimate of drug-likeness (QED) is 0.618. The van der Waals surface area contributed by atoms with Gasteiger partial charge in [0, 0.05) is 23.2 Å². The second-order valence-electron chi connectivity index (χ2n) is 9.12. The molecule has 0 atom stereocenters. The fourth-order valence-corrected chi connectivity index (χ4v) is 3.71. The number of likely N-dealkylation sites (tertiary alicyclic amines) is 1. The van der Waals surface area contributed by atoms with Crippen LogP contribution in [0.25, 0.3) is 10.9 Å². The number of aromatic nitrogens is 3. The monoisotopic (exact) mass is 435 g/mol. The molecule has 8 heteroatoms. The Balaban J connectivity index is 1.50. The van der Waals surface area contributed by atoms with E-state index in [9.17, 15) is 4.79 Å². The van der Waals surface area contributed by atoms with Crippen molar-refractivity contribution in [2.45, 2.75) is 45.1 Å². The van der Waals surface area contributed by atoms with Gasteiger partial charge in [-0.25, -0.2) is 9.78 Å². The van der Waals surface area contributed by atoms with Gasteiger partial charge in [-0.15, -0.1) is 0 Å². The van der Waals surface area contributed by atoms with Crippen molar-refractivity contribution >= 4 is 22.8 Å². The number of ether oxygens (including phenoxy) is 2. The summed E-state index contributed by atoms with van der Waals surface area (Å²) < 4.78 is 11.4. The van der Waals surface area contributed by atoms with Crippen molar-refractivity contribution in [1.29, 1.82) is 0 Å². The summed E-state index contributed by atoms with van der Waals surface area (Å²) >= 11 is 0. The molecule has 8 nitrogen and oxygen atoms in total. The number of rotatable bonds is 4. The van der Waals surface area contributed by atoms with Crippen LogP contribution in [0.15, 0.2) is 42.9 Å². The van der Waals surface area contributed by atoms with E-state index >= 15 is 0 Å². The lowest BCUT2D eigenvalue weighted by atomic mass is 9.93. The summed E-state index contributed by atoms with van der Waals surface area (Å²) in [5.74, 6) is 2.09. The van der Waals surface area contributed by atoms with Crippen LogP contribution in [0.2, 0.25) is 0 Å². The van der Waals surface area contributed by atoms with Crippen molar-refractivity contribution in [1.82, 2.24) is 19.9 Å². The van der Waals surface area contributed by atoms with Gasteiger partial charge >= 0.3 is 6.09 Å². The molecule has 1 aliphatic rings. The Bertz CT molecular complexity index is 1090. The van der Waals surface area contributed by atoms with E-state index in [1.165, 1.54) is 0 Å². The van der Waals surface area contributed by atoms with Crippen molar-refractivity contribution in [2.24, 2.45) is 0 Å². The molecule has 1 amide bonds. The maximum absolute atomic E-state index is 11.9. The Hall–Kier alpha value is -3.26. The second kappa shape index (κ2) is 9.08. The van der Waals surface area contributed by atoms with Gasteiger partial charge in [0.15, 0.2) is 0 Å². The molecule has 0 saturated carbocycles. The van der Waals surface area contributed by atoms with E-state index in [1.807, 2.05) is 33.0 Å². The summed E-state index contributed by atoms with van der Waals surface area (Å²) in [4.78, 5) is 27.6. The molecule has 0 bridgehead atoms. The van der Waals surface area contributed by atoms with E-state index in [4.69, 9.17) is 9.47 Å². The number of anilines is 1. The van der Waals surface area contributed by atoms with Crippen molar-refractivity contribution in [3.05, 3.63) is 48.5 Å². The zero-order valence-electron chi connectivity index (χ0n) is 19.0. The SMILES string of the molecule is CN1CCC(c2cc3c(Oc4ccc(NC(=O)OC(C)(C)C)nc4)ccnc3cn2)CC1. The van der Waals surface area contributed by atoms with Gasteiger partial charge in [0.1, 0.15) is 22.9 Å². The molecule has 3 aromatic heterocycles. The number of carbonyl (C=O) groups excluding carboxylic acids is 1. The molecule has 4 rings (SSSR count). The number of hydrogen-bond acceptors (Lipinski definition) is 7. The number of pyridine rings is 3.